The number of aromatic amines is 1. The van der Waals surface area contributed by atoms with Crippen molar-refractivity contribution >= 4 is 22.8 Å². The average molecular weight is 259 g/mol. The number of nitrogen functional groups attached to an aromatic ring is 1. The van der Waals surface area contributed by atoms with E-state index in [1.54, 1.807) is 6.20 Å². The van der Waals surface area contributed by atoms with Crippen LogP contribution >= 0.6 is 0 Å². The molecule has 0 amide bonds. The normalized spacial score (nSPS) is 26.9. The van der Waals surface area contributed by atoms with Crippen molar-refractivity contribution in [3.05, 3.63) is 6.20 Å². The van der Waals surface area contributed by atoms with Gasteiger partial charge >= 0.3 is 0 Å². The van der Waals surface area contributed by atoms with E-state index in [4.69, 9.17) is 5.73 Å². The number of H-pyrrole nitrogens is 1. The number of hydrogen-bond acceptors (Lipinski definition) is 6. The Labute approximate surface area is 110 Å². The molecule has 2 aliphatic heterocycles. The molecule has 2 atom stereocenters. The summed E-state index contributed by atoms with van der Waals surface area (Å²) >= 11 is 0. The fraction of sp³-hybridized carbons (Fsp3) is 0.583. The number of nitrogens with zero attached hydrogens (tertiary/aromatic N) is 4. The molecule has 0 spiro atoms. The van der Waals surface area contributed by atoms with Crippen molar-refractivity contribution in [3.8, 4) is 0 Å². The van der Waals surface area contributed by atoms with E-state index in [1.165, 1.54) is 25.9 Å². The van der Waals surface area contributed by atoms with Gasteiger partial charge in [-0.25, -0.2) is 0 Å². The lowest BCUT2D eigenvalue weighted by atomic mass is 10.1. The SMILES string of the molecule is Nc1nc(NC2CCN3CCCC23)c2cn[nH]c2n1. The minimum Gasteiger partial charge on any atom is -0.368 e. The topological polar surface area (TPSA) is 95.7 Å². The lowest BCUT2D eigenvalue weighted by Crippen LogP contribution is -2.34. The molecular weight excluding hydrogens is 242 g/mol. The van der Waals surface area contributed by atoms with E-state index in [0.29, 0.717) is 17.7 Å². The first-order chi connectivity index (χ1) is 9.31. The summed E-state index contributed by atoms with van der Waals surface area (Å²) < 4.78 is 0. The van der Waals surface area contributed by atoms with Gasteiger partial charge in [0.1, 0.15) is 5.82 Å². The van der Waals surface area contributed by atoms with Gasteiger partial charge in [0.25, 0.3) is 0 Å². The number of hydrogen-bond donors (Lipinski definition) is 3. The minimum atomic E-state index is 0.278. The minimum absolute atomic E-state index is 0.278. The first-order valence-electron chi connectivity index (χ1n) is 6.78. The third kappa shape index (κ3) is 1.73. The Hall–Kier alpha value is -1.89. The van der Waals surface area contributed by atoms with Gasteiger partial charge in [0.15, 0.2) is 5.65 Å². The predicted octanol–water partition coefficient (Wildman–Crippen LogP) is 0.584. The van der Waals surface area contributed by atoms with Crippen LogP contribution in [0.1, 0.15) is 19.3 Å². The molecule has 2 aliphatic rings. The van der Waals surface area contributed by atoms with Crippen LogP contribution in [0.2, 0.25) is 0 Å². The fourth-order valence-electron chi connectivity index (χ4n) is 3.39. The molecule has 4 heterocycles. The van der Waals surface area contributed by atoms with E-state index < -0.39 is 0 Å². The number of nitrogens with one attached hydrogen (secondary N) is 2. The van der Waals surface area contributed by atoms with Crippen molar-refractivity contribution in [1.29, 1.82) is 0 Å². The van der Waals surface area contributed by atoms with Crippen molar-refractivity contribution in [2.45, 2.75) is 31.3 Å². The van der Waals surface area contributed by atoms with E-state index in [0.717, 1.165) is 17.6 Å². The van der Waals surface area contributed by atoms with Crippen LogP contribution in [0.3, 0.4) is 0 Å². The van der Waals surface area contributed by atoms with Gasteiger partial charge in [0.2, 0.25) is 5.95 Å². The monoisotopic (exact) mass is 259 g/mol. The van der Waals surface area contributed by atoms with Crippen molar-refractivity contribution in [1.82, 2.24) is 25.1 Å². The maximum absolute atomic E-state index is 5.74. The van der Waals surface area contributed by atoms with Crippen LogP contribution in [0.4, 0.5) is 11.8 Å². The molecule has 2 aromatic rings. The summed E-state index contributed by atoms with van der Waals surface area (Å²) in [7, 11) is 0. The summed E-state index contributed by atoms with van der Waals surface area (Å²) in [6.07, 6.45) is 5.48. The lowest BCUT2D eigenvalue weighted by Gasteiger charge is -2.21. The van der Waals surface area contributed by atoms with Gasteiger partial charge in [0.05, 0.1) is 11.6 Å². The molecule has 4 N–H and O–H groups in total. The van der Waals surface area contributed by atoms with E-state index >= 15 is 0 Å². The Morgan fingerprint density at radius 2 is 2.26 bits per heavy atom. The standard InChI is InChI=1S/C12H17N7/c13-12-16-10(7-6-14-18-11(7)17-12)15-8-3-5-19-4-1-2-9(8)19/h6,8-9H,1-5H2,(H4,13,14,15,16,17,18). The molecule has 7 nitrogen and oxygen atoms in total. The van der Waals surface area contributed by atoms with Gasteiger partial charge in [-0.15, -0.1) is 0 Å². The number of rotatable bonds is 2. The Kier molecular flexibility index (Phi) is 2.34. The second kappa shape index (κ2) is 4.06. The molecule has 0 aromatic carbocycles. The Morgan fingerprint density at radius 1 is 1.32 bits per heavy atom. The Morgan fingerprint density at radius 3 is 3.21 bits per heavy atom. The maximum Gasteiger partial charge on any atom is 0.224 e. The number of anilines is 2. The number of aromatic nitrogens is 4. The van der Waals surface area contributed by atoms with E-state index in [9.17, 15) is 0 Å². The van der Waals surface area contributed by atoms with Gasteiger partial charge in [-0.1, -0.05) is 0 Å². The van der Waals surface area contributed by atoms with Crippen molar-refractivity contribution in [2.75, 3.05) is 24.1 Å². The number of fused-ring (bicyclic) bond motifs is 2. The highest BCUT2D eigenvalue weighted by molar-refractivity contribution is 5.86. The van der Waals surface area contributed by atoms with Crippen LogP contribution in [-0.2, 0) is 0 Å². The third-order valence-corrected chi connectivity index (χ3v) is 4.26. The molecule has 19 heavy (non-hydrogen) atoms. The summed E-state index contributed by atoms with van der Waals surface area (Å²) in [5.74, 6) is 1.08. The third-order valence-electron chi connectivity index (χ3n) is 4.26. The molecule has 100 valence electrons. The highest BCUT2D eigenvalue weighted by atomic mass is 15.3. The van der Waals surface area contributed by atoms with Crippen molar-refractivity contribution < 1.29 is 0 Å². The summed E-state index contributed by atoms with van der Waals surface area (Å²) in [5, 5.41) is 11.3. The van der Waals surface area contributed by atoms with Crippen LogP contribution in [0.5, 0.6) is 0 Å². The molecule has 2 aromatic heterocycles. The summed E-state index contributed by atoms with van der Waals surface area (Å²) in [6.45, 7) is 2.41. The van der Waals surface area contributed by atoms with E-state index in [-0.39, 0.29) is 5.95 Å². The Bertz CT molecular complexity index is 607. The van der Waals surface area contributed by atoms with Gasteiger partial charge in [0, 0.05) is 18.6 Å². The molecule has 0 bridgehead atoms. The molecule has 7 heteroatoms. The van der Waals surface area contributed by atoms with Crippen LogP contribution in [0, 0.1) is 0 Å². The molecule has 2 unspecified atom stereocenters. The quantitative estimate of drug-likeness (QED) is 0.730. The largest absolute Gasteiger partial charge is 0.368 e. The average Bonchev–Trinajstić information content (AvgIpc) is 3.05. The van der Waals surface area contributed by atoms with Crippen molar-refractivity contribution in [2.24, 2.45) is 0 Å². The smallest absolute Gasteiger partial charge is 0.224 e. The lowest BCUT2D eigenvalue weighted by molar-refractivity contribution is 0.318. The molecule has 2 fully saturated rings. The van der Waals surface area contributed by atoms with Crippen LogP contribution in [0.15, 0.2) is 6.20 Å². The maximum atomic E-state index is 5.74. The second-order valence-electron chi connectivity index (χ2n) is 5.35. The first kappa shape index (κ1) is 11.0. The molecule has 2 saturated heterocycles. The van der Waals surface area contributed by atoms with Crippen LogP contribution < -0.4 is 11.1 Å². The second-order valence-corrected chi connectivity index (χ2v) is 5.35. The molecule has 0 aliphatic carbocycles. The fourth-order valence-corrected chi connectivity index (χ4v) is 3.39. The zero-order chi connectivity index (χ0) is 12.8. The van der Waals surface area contributed by atoms with E-state index in [2.05, 4.69) is 30.4 Å². The van der Waals surface area contributed by atoms with Crippen molar-refractivity contribution in [3.63, 3.8) is 0 Å². The molecular formula is C12H17N7. The summed E-state index contributed by atoms with van der Waals surface area (Å²) in [5.41, 5.74) is 6.44. The van der Waals surface area contributed by atoms with Gasteiger partial charge in [-0.3, -0.25) is 10.00 Å². The van der Waals surface area contributed by atoms with E-state index in [1.807, 2.05) is 0 Å². The van der Waals surface area contributed by atoms with Crippen LogP contribution in [0.25, 0.3) is 11.0 Å². The van der Waals surface area contributed by atoms with Gasteiger partial charge < -0.3 is 11.1 Å². The summed E-state index contributed by atoms with van der Waals surface area (Å²) in [4.78, 5) is 11.0. The van der Waals surface area contributed by atoms with Gasteiger partial charge in [-0.05, 0) is 25.8 Å². The highest BCUT2D eigenvalue weighted by Gasteiger charge is 2.37. The van der Waals surface area contributed by atoms with Gasteiger partial charge in [-0.2, -0.15) is 15.1 Å². The number of nitrogens with two attached hydrogens (primary N) is 1. The first-order valence-corrected chi connectivity index (χ1v) is 6.78. The predicted molar refractivity (Wildman–Crippen MR) is 72.7 cm³/mol. The Balaban J connectivity index is 1.66. The molecule has 4 rings (SSSR count). The highest BCUT2D eigenvalue weighted by Crippen LogP contribution is 2.31. The zero-order valence-corrected chi connectivity index (χ0v) is 10.6. The molecule has 0 radical (unpaired) electrons. The van der Waals surface area contributed by atoms with Crippen LogP contribution in [-0.4, -0.2) is 50.2 Å². The molecule has 0 saturated carbocycles. The zero-order valence-electron chi connectivity index (χ0n) is 10.6. The summed E-state index contributed by atoms with van der Waals surface area (Å²) in [6, 6.07) is 1.09.